The summed E-state index contributed by atoms with van der Waals surface area (Å²) in [6.07, 6.45) is 3.29. The number of ether oxygens (including phenoxy) is 2. The number of pyridine rings is 1. The summed E-state index contributed by atoms with van der Waals surface area (Å²) in [5.41, 5.74) is 4.24. The molecular formula is C30H24Cl2N2O4. The van der Waals surface area contributed by atoms with Crippen molar-refractivity contribution in [3.8, 4) is 28.1 Å². The predicted molar refractivity (Wildman–Crippen MR) is 149 cm³/mol. The number of esters is 1. The minimum Gasteiger partial charge on any atom is -0.489 e. The molecule has 8 heteroatoms. The van der Waals surface area contributed by atoms with Crippen LogP contribution in [0.15, 0.2) is 77.4 Å². The molecule has 0 saturated carbocycles. The third-order valence-corrected chi connectivity index (χ3v) is 6.86. The standard InChI is InChI=1S/C30H24Cl2N2O4/c1-3-5-27-23(29(34-38-27)28-24(31)6-4-7-25(28)32)17-37-22-12-10-18-14-19(8-9-20(18)15-22)21-11-13-26(33-16-21)30(35)36-2/h4,6-16H,3,5,17H2,1-2H3. The van der Waals surface area contributed by atoms with Gasteiger partial charge in [-0.2, -0.15) is 0 Å². The van der Waals surface area contributed by atoms with Gasteiger partial charge in [0.1, 0.15) is 29.5 Å². The van der Waals surface area contributed by atoms with Crippen LogP contribution in [-0.2, 0) is 17.8 Å². The van der Waals surface area contributed by atoms with Crippen molar-refractivity contribution in [1.82, 2.24) is 10.1 Å². The van der Waals surface area contributed by atoms with Crippen LogP contribution < -0.4 is 4.74 Å². The Hall–Kier alpha value is -3.87. The lowest BCUT2D eigenvalue weighted by Crippen LogP contribution is -2.03. The van der Waals surface area contributed by atoms with Gasteiger partial charge in [-0.3, -0.25) is 0 Å². The zero-order chi connectivity index (χ0) is 26.6. The molecule has 0 amide bonds. The van der Waals surface area contributed by atoms with Crippen molar-refractivity contribution < 1.29 is 18.8 Å². The van der Waals surface area contributed by atoms with Gasteiger partial charge in [-0.25, -0.2) is 9.78 Å². The van der Waals surface area contributed by atoms with E-state index < -0.39 is 5.97 Å². The summed E-state index contributed by atoms with van der Waals surface area (Å²) in [4.78, 5) is 15.9. The van der Waals surface area contributed by atoms with Gasteiger partial charge in [0.15, 0.2) is 0 Å². The lowest BCUT2D eigenvalue weighted by Gasteiger charge is -2.11. The van der Waals surface area contributed by atoms with E-state index in [0.717, 1.165) is 46.1 Å². The number of aromatic nitrogens is 2. The first-order chi connectivity index (χ1) is 18.5. The Morgan fingerprint density at radius 2 is 1.68 bits per heavy atom. The Morgan fingerprint density at radius 1 is 0.947 bits per heavy atom. The van der Waals surface area contributed by atoms with Crippen molar-refractivity contribution in [2.45, 2.75) is 26.4 Å². The molecule has 3 aromatic carbocycles. The van der Waals surface area contributed by atoms with Gasteiger partial charge in [0.25, 0.3) is 0 Å². The molecule has 0 radical (unpaired) electrons. The third-order valence-electron chi connectivity index (χ3n) is 6.23. The van der Waals surface area contributed by atoms with Crippen LogP contribution in [0.25, 0.3) is 33.2 Å². The summed E-state index contributed by atoms with van der Waals surface area (Å²) in [6, 6.07) is 20.9. The number of aryl methyl sites for hydroxylation is 1. The van der Waals surface area contributed by atoms with E-state index in [1.165, 1.54) is 7.11 Å². The maximum atomic E-state index is 11.7. The number of halogens is 2. The molecule has 2 heterocycles. The molecule has 192 valence electrons. The highest BCUT2D eigenvalue weighted by atomic mass is 35.5. The fraction of sp³-hybridized carbons (Fsp3) is 0.167. The van der Waals surface area contributed by atoms with Gasteiger partial charge in [0.05, 0.1) is 22.7 Å². The number of fused-ring (bicyclic) bond motifs is 1. The normalized spacial score (nSPS) is 11.1. The summed E-state index contributed by atoms with van der Waals surface area (Å²) in [5.74, 6) is 1.02. The van der Waals surface area contributed by atoms with Crippen molar-refractivity contribution in [1.29, 1.82) is 0 Å². The first kappa shape index (κ1) is 25.8. The van der Waals surface area contributed by atoms with Crippen LogP contribution in [0.4, 0.5) is 0 Å². The molecule has 0 N–H and O–H groups in total. The molecule has 0 aliphatic heterocycles. The molecule has 0 spiro atoms. The fourth-order valence-corrected chi connectivity index (χ4v) is 4.85. The topological polar surface area (TPSA) is 74.5 Å². The van der Waals surface area contributed by atoms with E-state index >= 15 is 0 Å². The average Bonchev–Trinajstić information content (AvgIpc) is 3.33. The van der Waals surface area contributed by atoms with Crippen LogP contribution in [0.3, 0.4) is 0 Å². The number of methoxy groups -OCH3 is 1. The van der Waals surface area contributed by atoms with Crippen LogP contribution in [0, 0.1) is 0 Å². The molecular weight excluding hydrogens is 523 g/mol. The molecule has 38 heavy (non-hydrogen) atoms. The molecule has 0 saturated heterocycles. The molecule has 0 atom stereocenters. The smallest absolute Gasteiger partial charge is 0.356 e. The summed E-state index contributed by atoms with van der Waals surface area (Å²) >= 11 is 12.9. The van der Waals surface area contributed by atoms with E-state index in [0.29, 0.717) is 27.1 Å². The largest absolute Gasteiger partial charge is 0.489 e. The highest BCUT2D eigenvalue weighted by molar-refractivity contribution is 6.39. The maximum Gasteiger partial charge on any atom is 0.356 e. The molecule has 2 aromatic heterocycles. The Balaban J connectivity index is 1.39. The Morgan fingerprint density at radius 3 is 2.39 bits per heavy atom. The minimum absolute atomic E-state index is 0.261. The SMILES string of the molecule is CCCc1onc(-c2c(Cl)cccc2Cl)c1COc1ccc2cc(-c3ccc(C(=O)OC)nc3)ccc2c1. The molecule has 0 aliphatic carbocycles. The number of benzene rings is 3. The first-order valence-electron chi connectivity index (χ1n) is 12.1. The quantitative estimate of drug-likeness (QED) is 0.182. The molecule has 5 aromatic rings. The Labute approximate surface area is 230 Å². The number of nitrogens with zero attached hydrogens (tertiary/aromatic N) is 2. The number of rotatable bonds is 8. The van der Waals surface area contributed by atoms with E-state index in [9.17, 15) is 4.79 Å². The molecule has 0 unspecified atom stereocenters. The maximum absolute atomic E-state index is 11.7. The molecule has 0 bridgehead atoms. The van der Waals surface area contributed by atoms with Gasteiger partial charge >= 0.3 is 5.97 Å². The van der Waals surface area contributed by atoms with Crippen LogP contribution in [-0.4, -0.2) is 23.2 Å². The number of carbonyl (C=O) groups excluding carboxylic acids is 1. The number of carbonyl (C=O) groups is 1. The van der Waals surface area contributed by atoms with Crippen LogP contribution in [0.5, 0.6) is 5.75 Å². The second-order valence-electron chi connectivity index (χ2n) is 8.72. The molecule has 5 rings (SSSR count). The van der Waals surface area contributed by atoms with E-state index in [1.54, 1.807) is 30.5 Å². The fourth-order valence-electron chi connectivity index (χ4n) is 4.27. The second-order valence-corrected chi connectivity index (χ2v) is 9.53. The average molecular weight is 547 g/mol. The van der Waals surface area contributed by atoms with Crippen LogP contribution >= 0.6 is 23.2 Å². The van der Waals surface area contributed by atoms with Gasteiger partial charge in [-0.1, -0.05) is 65.6 Å². The van der Waals surface area contributed by atoms with Crippen molar-refractivity contribution in [3.63, 3.8) is 0 Å². The molecule has 0 aliphatic rings. The summed E-state index contributed by atoms with van der Waals surface area (Å²) in [5, 5.41) is 7.38. The van der Waals surface area contributed by atoms with Crippen LogP contribution in [0.1, 0.15) is 35.2 Å². The highest BCUT2D eigenvalue weighted by Crippen LogP contribution is 2.38. The van der Waals surface area contributed by atoms with Crippen molar-refractivity contribution >= 4 is 39.9 Å². The predicted octanol–water partition coefficient (Wildman–Crippen LogP) is 8.18. The van der Waals surface area contributed by atoms with E-state index in [2.05, 4.69) is 23.1 Å². The highest BCUT2D eigenvalue weighted by Gasteiger charge is 2.22. The van der Waals surface area contributed by atoms with Gasteiger partial charge in [0, 0.05) is 23.7 Å². The molecule has 6 nitrogen and oxygen atoms in total. The lowest BCUT2D eigenvalue weighted by atomic mass is 10.0. The van der Waals surface area contributed by atoms with Gasteiger partial charge in [-0.15, -0.1) is 0 Å². The van der Waals surface area contributed by atoms with E-state index in [4.69, 9.17) is 37.2 Å². The van der Waals surface area contributed by atoms with E-state index in [1.807, 2.05) is 36.4 Å². The van der Waals surface area contributed by atoms with Gasteiger partial charge < -0.3 is 14.0 Å². The van der Waals surface area contributed by atoms with Crippen LogP contribution in [0.2, 0.25) is 10.0 Å². The summed E-state index contributed by atoms with van der Waals surface area (Å²) in [6.45, 7) is 2.34. The van der Waals surface area contributed by atoms with Gasteiger partial charge in [-0.05, 0) is 59.2 Å². The monoisotopic (exact) mass is 546 g/mol. The van der Waals surface area contributed by atoms with Crippen molar-refractivity contribution in [2.24, 2.45) is 0 Å². The van der Waals surface area contributed by atoms with Crippen molar-refractivity contribution in [3.05, 3.63) is 100.0 Å². The number of hydrogen-bond acceptors (Lipinski definition) is 6. The summed E-state index contributed by atoms with van der Waals surface area (Å²) in [7, 11) is 1.34. The van der Waals surface area contributed by atoms with Gasteiger partial charge in [0.2, 0.25) is 0 Å². The zero-order valence-corrected chi connectivity index (χ0v) is 22.3. The van der Waals surface area contributed by atoms with E-state index in [-0.39, 0.29) is 12.3 Å². The zero-order valence-electron chi connectivity index (χ0n) is 20.8. The molecule has 0 fully saturated rings. The first-order valence-corrected chi connectivity index (χ1v) is 12.9. The Kier molecular flexibility index (Phi) is 7.63. The van der Waals surface area contributed by atoms with Crippen molar-refractivity contribution in [2.75, 3.05) is 7.11 Å². The number of hydrogen-bond donors (Lipinski definition) is 0. The summed E-state index contributed by atoms with van der Waals surface area (Å²) < 4.78 is 16.6. The second kappa shape index (κ2) is 11.3. The minimum atomic E-state index is -0.460. The third kappa shape index (κ3) is 5.23. The Bertz CT molecular complexity index is 1590. The lowest BCUT2D eigenvalue weighted by molar-refractivity contribution is 0.0594.